The average molecular weight is 538 g/mol. The van der Waals surface area contributed by atoms with E-state index in [2.05, 4.69) is 9.99 Å². The first-order chi connectivity index (χ1) is 18.4. The first-order valence-electron chi connectivity index (χ1n) is 12.1. The van der Waals surface area contributed by atoms with Crippen LogP contribution >= 0.6 is 0 Å². The number of ketones is 2. The largest absolute Gasteiger partial charge is 0.508 e. The summed E-state index contributed by atoms with van der Waals surface area (Å²) in [5.41, 5.74) is 2.59. The second-order valence-corrected chi connectivity index (χ2v) is 10.1. The second-order valence-electron chi connectivity index (χ2n) is 10.1. The van der Waals surface area contributed by atoms with Gasteiger partial charge >= 0.3 is 0 Å². The summed E-state index contributed by atoms with van der Waals surface area (Å²) in [4.78, 5) is 45.3. The van der Waals surface area contributed by atoms with Crippen LogP contribution in [0.5, 0.6) is 5.75 Å². The minimum atomic E-state index is -2.69. The van der Waals surface area contributed by atoms with Gasteiger partial charge in [-0.2, -0.15) is 0 Å². The van der Waals surface area contributed by atoms with E-state index in [0.29, 0.717) is 22.6 Å². The Labute approximate surface area is 222 Å². The number of hydrogen-bond acceptors (Lipinski definition) is 11. The monoisotopic (exact) mass is 537 g/mol. The molecule has 6 N–H and O–H groups in total. The van der Waals surface area contributed by atoms with Crippen molar-refractivity contribution in [3.63, 3.8) is 0 Å². The molecule has 2 aromatic rings. The molecule has 1 fully saturated rings. The van der Waals surface area contributed by atoms with Gasteiger partial charge in [0.15, 0.2) is 11.4 Å². The molecular formula is C27H27N3O9. The number of fused-ring (bicyclic) bond motifs is 3. The van der Waals surface area contributed by atoms with Gasteiger partial charge in [-0.15, -0.1) is 0 Å². The van der Waals surface area contributed by atoms with Crippen LogP contribution < -0.4 is 5.73 Å². The maximum atomic E-state index is 13.9. The maximum absolute atomic E-state index is 13.9. The fraction of sp³-hybridized carbons (Fsp3) is 0.333. The molecule has 1 aromatic carbocycles. The Morgan fingerprint density at radius 2 is 1.92 bits per heavy atom. The number of benzene rings is 1. The van der Waals surface area contributed by atoms with Gasteiger partial charge in [0.1, 0.15) is 47.7 Å². The SMILES string of the molecule is CO/N=C/c1ccc(-c2ccc(O)c3c2C[C@@H]2C[C@@H]4C(N(C)C)C(=O)C(C(N)=O)=C(O)[C@@]4(O)C(=O)C2=C3O)o1. The third-order valence-electron chi connectivity index (χ3n) is 7.78. The summed E-state index contributed by atoms with van der Waals surface area (Å²) in [6.07, 6.45) is 1.50. The number of carbonyl (C=O) groups is 3. The van der Waals surface area contributed by atoms with Crippen LogP contribution in [0, 0.1) is 11.8 Å². The van der Waals surface area contributed by atoms with Crippen LogP contribution in [0.15, 0.2) is 50.7 Å². The minimum absolute atomic E-state index is 0.00917. The predicted octanol–water partition coefficient (Wildman–Crippen LogP) is 1.20. The summed E-state index contributed by atoms with van der Waals surface area (Å²) in [5, 5.41) is 48.3. The highest BCUT2D eigenvalue weighted by atomic mass is 16.6. The van der Waals surface area contributed by atoms with Gasteiger partial charge in [-0.05, 0) is 62.7 Å². The predicted molar refractivity (Wildman–Crippen MR) is 137 cm³/mol. The first-order valence-corrected chi connectivity index (χ1v) is 12.1. The van der Waals surface area contributed by atoms with Gasteiger partial charge in [0.05, 0.1) is 11.6 Å². The number of phenolic OH excluding ortho intramolecular Hbond substituents is 1. The van der Waals surface area contributed by atoms with E-state index in [1.807, 2.05) is 0 Å². The van der Waals surface area contributed by atoms with E-state index < -0.39 is 58.0 Å². The highest BCUT2D eigenvalue weighted by Gasteiger charge is 2.64. The van der Waals surface area contributed by atoms with Gasteiger partial charge in [-0.1, -0.05) is 5.16 Å². The van der Waals surface area contributed by atoms with Crippen molar-refractivity contribution in [3.05, 3.63) is 58.1 Å². The molecule has 0 aliphatic heterocycles. The fourth-order valence-corrected chi connectivity index (χ4v) is 6.15. The molecule has 204 valence electrons. The molecule has 1 amide bonds. The Balaban J connectivity index is 1.69. The lowest BCUT2D eigenvalue weighted by molar-refractivity contribution is -0.153. The molecule has 5 rings (SSSR count). The number of likely N-dealkylation sites (N-methyl/N-ethyl adjacent to an activating group) is 1. The number of aliphatic hydroxyl groups excluding tert-OH is 2. The van der Waals surface area contributed by atoms with Gasteiger partial charge in [-0.25, -0.2) is 0 Å². The number of primary amides is 1. The van der Waals surface area contributed by atoms with Crippen molar-refractivity contribution < 1.29 is 44.1 Å². The number of oxime groups is 1. The molecule has 4 atom stereocenters. The van der Waals surface area contributed by atoms with Crippen molar-refractivity contribution in [1.82, 2.24) is 4.90 Å². The summed E-state index contributed by atoms with van der Waals surface area (Å²) in [5.74, 6) is -6.22. The zero-order valence-electron chi connectivity index (χ0n) is 21.3. The van der Waals surface area contributed by atoms with Crippen LogP contribution in [0.25, 0.3) is 17.1 Å². The molecule has 1 heterocycles. The molecule has 0 bridgehead atoms. The van der Waals surface area contributed by atoms with Crippen molar-refractivity contribution in [2.75, 3.05) is 21.2 Å². The lowest BCUT2D eigenvalue weighted by atomic mass is 9.57. The van der Waals surface area contributed by atoms with E-state index >= 15 is 0 Å². The third kappa shape index (κ3) is 3.67. The van der Waals surface area contributed by atoms with Gasteiger partial charge in [0.2, 0.25) is 5.78 Å². The smallest absolute Gasteiger partial charge is 0.255 e. The van der Waals surface area contributed by atoms with E-state index in [0.717, 1.165) is 0 Å². The number of phenols is 1. The topological polar surface area (TPSA) is 196 Å². The lowest BCUT2D eigenvalue weighted by Gasteiger charge is -2.50. The number of Topliss-reactive ketones (excluding diaryl/α,β-unsaturated/α-hetero) is 2. The fourth-order valence-electron chi connectivity index (χ4n) is 6.15. The Kier molecular flexibility index (Phi) is 6.11. The number of nitrogens with two attached hydrogens (primary N) is 1. The number of nitrogens with zero attached hydrogens (tertiary/aromatic N) is 2. The number of aliphatic hydroxyl groups is 3. The van der Waals surface area contributed by atoms with Crippen LogP contribution in [0.3, 0.4) is 0 Å². The van der Waals surface area contributed by atoms with E-state index in [-0.39, 0.29) is 29.7 Å². The van der Waals surface area contributed by atoms with Crippen LogP contribution in [-0.2, 0) is 25.6 Å². The van der Waals surface area contributed by atoms with Crippen LogP contribution in [-0.4, -0.2) is 81.9 Å². The molecule has 39 heavy (non-hydrogen) atoms. The standard InChI is InChI=1S/C27H27N3O9/c1-30(2)21-15-9-11-8-14-13(17-7-4-12(39-17)10-29-38-3)5-6-16(31)19(14)22(32)18(11)24(34)27(15,37)25(35)20(23(21)33)26(28)36/h4-7,10-11,15,21,31-32,35,37H,8-9H2,1-3H3,(H2,28,36)/b29-10+/t11-,15-,21?,27+/m1/s1. The number of rotatable bonds is 5. The van der Waals surface area contributed by atoms with E-state index in [1.165, 1.54) is 24.3 Å². The van der Waals surface area contributed by atoms with Gasteiger partial charge in [0, 0.05) is 17.1 Å². The highest BCUT2D eigenvalue weighted by Crippen LogP contribution is 2.53. The van der Waals surface area contributed by atoms with Crippen molar-refractivity contribution in [3.8, 4) is 17.1 Å². The van der Waals surface area contributed by atoms with Crippen molar-refractivity contribution in [1.29, 1.82) is 0 Å². The Bertz CT molecular complexity index is 1520. The van der Waals surface area contributed by atoms with E-state index in [9.17, 15) is 34.8 Å². The summed E-state index contributed by atoms with van der Waals surface area (Å²) in [6, 6.07) is 5.14. The minimum Gasteiger partial charge on any atom is -0.508 e. The molecule has 0 radical (unpaired) electrons. The summed E-state index contributed by atoms with van der Waals surface area (Å²) in [6.45, 7) is 0. The lowest BCUT2D eigenvalue weighted by Crippen LogP contribution is -2.65. The summed E-state index contributed by atoms with van der Waals surface area (Å²) >= 11 is 0. The van der Waals surface area contributed by atoms with Crippen molar-refractivity contribution in [2.45, 2.75) is 24.5 Å². The number of aromatic hydroxyl groups is 1. The molecule has 12 nitrogen and oxygen atoms in total. The van der Waals surface area contributed by atoms with Gasteiger partial charge in [0.25, 0.3) is 5.91 Å². The highest BCUT2D eigenvalue weighted by molar-refractivity contribution is 6.24. The molecule has 1 saturated carbocycles. The van der Waals surface area contributed by atoms with Crippen molar-refractivity contribution in [2.24, 2.45) is 22.7 Å². The zero-order valence-corrected chi connectivity index (χ0v) is 21.3. The second kappa shape index (κ2) is 9.10. The quantitative estimate of drug-likeness (QED) is 0.210. The summed E-state index contributed by atoms with van der Waals surface area (Å²) < 4.78 is 5.83. The molecule has 3 aliphatic rings. The van der Waals surface area contributed by atoms with E-state index in [4.69, 9.17) is 10.2 Å². The van der Waals surface area contributed by atoms with Crippen molar-refractivity contribution >= 4 is 29.4 Å². The third-order valence-corrected chi connectivity index (χ3v) is 7.78. The maximum Gasteiger partial charge on any atom is 0.255 e. The number of amides is 1. The number of carbonyl (C=O) groups excluding carboxylic acids is 3. The Morgan fingerprint density at radius 1 is 1.21 bits per heavy atom. The summed E-state index contributed by atoms with van der Waals surface area (Å²) in [7, 11) is 4.48. The normalized spacial score (nSPS) is 26.6. The van der Waals surface area contributed by atoms with Gasteiger partial charge in [-0.3, -0.25) is 19.3 Å². The van der Waals surface area contributed by atoms with E-state index in [1.54, 1.807) is 32.3 Å². The molecule has 0 saturated heterocycles. The molecule has 1 unspecified atom stereocenters. The molecule has 3 aliphatic carbocycles. The Morgan fingerprint density at radius 3 is 2.56 bits per heavy atom. The zero-order chi connectivity index (χ0) is 28.4. The number of furan rings is 1. The average Bonchev–Trinajstić information content (AvgIpc) is 3.33. The van der Waals surface area contributed by atoms with Gasteiger partial charge < -0.3 is 35.4 Å². The Hall–Kier alpha value is -4.42. The molecule has 1 aromatic heterocycles. The molecular weight excluding hydrogens is 510 g/mol. The molecule has 12 heteroatoms. The van der Waals surface area contributed by atoms with Crippen LogP contribution in [0.4, 0.5) is 0 Å². The van der Waals surface area contributed by atoms with Crippen LogP contribution in [0.1, 0.15) is 23.3 Å². The molecule has 0 spiro atoms. The van der Waals surface area contributed by atoms with Crippen LogP contribution in [0.2, 0.25) is 0 Å². The first kappa shape index (κ1) is 26.2. The number of hydrogen-bond donors (Lipinski definition) is 5.